The molecule has 0 unspecified atom stereocenters. The van der Waals surface area contributed by atoms with Crippen molar-refractivity contribution in [2.75, 3.05) is 33.9 Å². The highest BCUT2D eigenvalue weighted by Crippen LogP contribution is 2.16. The van der Waals surface area contributed by atoms with E-state index in [-0.39, 0.29) is 12.5 Å². The number of benzene rings is 1. The molecule has 5 nitrogen and oxygen atoms in total. The Kier molecular flexibility index (Phi) is 6.00. The van der Waals surface area contributed by atoms with Gasteiger partial charge in [0, 0.05) is 13.6 Å². The first-order valence-electron chi connectivity index (χ1n) is 5.88. The molecular weight excluding hydrogens is 232 g/mol. The highest BCUT2D eigenvalue weighted by atomic mass is 16.5. The van der Waals surface area contributed by atoms with Crippen molar-refractivity contribution in [2.24, 2.45) is 5.73 Å². The molecule has 0 aliphatic rings. The van der Waals surface area contributed by atoms with E-state index in [1.54, 1.807) is 43.3 Å². The second-order valence-corrected chi connectivity index (χ2v) is 3.92. The Morgan fingerprint density at radius 1 is 1.28 bits per heavy atom. The number of nitrogens with zero attached hydrogens (tertiary/aromatic N) is 1. The van der Waals surface area contributed by atoms with Gasteiger partial charge in [0.1, 0.15) is 11.5 Å². The van der Waals surface area contributed by atoms with Gasteiger partial charge in [-0.1, -0.05) is 0 Å². The van der Waals surface area contributed by atoms with Crippen LogP contribution in [-0.4, -0.2) is 44.7 Å². The number of amides is 1. The fourth-order valence-electron chi connectivity index (χ4n) is 1.38. The molecule has 18 heavy (non-hydrogen) atoms. The minimum Gasteiger partial charge on any atom is -0.497 e. The SMILES string of the molecule is COc1ccc(OCC(=O)N(C)CCCN)cc1. The van der Waals surface area contributed by atoms with Crippen molar-refractivity contribution >= 4 is 5.91 Å². The lowest BCUT2D eigenvalue weighted by molar-refractivity contribution is -0.132. The summed E-state index contributed by atoms with van der Waals surface area (Å²) in [6, 6.07) is 7.12. The van der Waals surface area contributed by atoms with Crippen LogP contribution in [0.1, 0.15) is 6.42 Å². The third-order valence-electron chi connectivity index (χ3n) is 2.55. The molecule has 0 saturated heterocycles. The summed E-state index contributed by atoms with van der Waals surface area (Å²) in [6.45, 7) is 1.27. The maximum absolute atomic E-state index is 11.7. The van der Waals surface area contributed by atoms with Crippen LogP contribution in [0.2, 0.25) is 0 Å². The van der Waals surface area contributed by atoms with Crippen LogP contribution in [-0.2, 0) is 4.79 Å². The van der Waals surface area contributed by atoms with E-state index >= 15 is 0 Å². The Morgan fingerprint density at radius 3 is 2.44 bits per heavy atom. The zero-order valence-electron chi connectivity index (χ0n) is 10.9. The Labute approximate surface area is 107 Å². The van der Waals surface area contributed by atoms with Gasteiger partial charge in [0.15, 0.2) is 6.61 Å². The first kappa shape index (κ1) is 14.3. The summed E-state index contributed by atoms with van der Waals surface area (Å²) < 4.78 is 10.4. The summed E-state index contributed by atoms with van der Waals surface area (Å²) in [5.74, 6) is 1.35. The molecular formula is C13H20N2O3. The van der Waals surface area contributed by atoms with Gasteiger partial charge in [0.25, 0.3) is 5.91 Å². The van der Waals surface area contributed by atoms with E-state index in [9.17, 15) is 4.79 Å². The molecule has 0 heterocycles. The Bertz CT molecular complexity index is 365. The molecule has 0 bridgehead atoms. The fourth-order valence-corrected chi connectivity index (χ4v) is 1.38. The van der Waals surface area contributed by atoms with E-state index in [0.29, 0.717) is 18.8 Å². The second kappa shape index (κ2) is 7.55. The average molecular weight is 252 g/mol. The third-order valence-corrected chi connectivity index (χ3v) is 2.55. The summed E-state index contributed by atoms with van der Waals surface area (Å²) in [7, 11) is 3.35. The zero-order valence-corrected chi connectivity index (χ0v) is 10.9. The zero-order chi connectivity index (χ0) is 13.4. The van der Waals surface area contributed by atoms with Crippen molar-refractivity contribution in [3.63, 3.8) is 0 Å². The largest absolute Gasteiger partial charge is 0.497 e. The van der Waals surface area contributed by atoms with E-state index in [1.165, 1.54) is 0 Å². The molecule has 2 N–H and O–H groups in total. The summed E-state index contributed by atoms with van der Waals surface area (Å²) in [5, 5.41) is 0. The molecule has 0 aliphatic carbocycles. The van der Waals surface area contributed by atoms with Crippen molar-refractivity contribution < 1.29 is 14.3 Å². The van der Waals surface area contributed by atoms with Crippen LogP contribution >= 0.6 is 0 Å². The van der Waals surface area contributed by atoms with Gasteiger partial charge in [-0.25, -0.2) is 0 Å². The Balaban J connectivity index is 2.37. The van der Waals surface area contributed by atoms with Crippen molar-refractivity contribution in [1.82, 2.24) is 4.90 Å². The number of ether oxygens (including phenoxy) is 2. The van der Waals surface area contributed by atoms with E-state index in [0.717, 1.165) is 12.2 Å². The van der Waals surface area contributed by atoms with E-state index in [2.05, 4.69) is 0 Å². The van der Waals surface area contributed by atoms with Gasteiger partial charge >= 0.3 is 0 Å². The van der Waals surface area contributed by atoms with Gasteiger partial charge in [0.2, 0.25) is 0 Å². The maximum Gasteiger partial charge on any atom is 0.260 e. The molecule has 0 spiro atoms. The van der Waals surface area contributed by atoms with Crippen LogP contribution in [0, 0.1) is 0 Å². The number of carbonyl (C=O) groups is 1. The normalized spacial score (nSPS) is 9.94. The van der Waals surface area contributed by atoms with E-state index in [1.807, 2.05) is 0 Å². The molecule has 0 aliphatic heterocycles. The molecule has 0 saturated carbocycles. The lowest BCUT2D eigenvalue weighted by Gasteiger charge is -2.16. The number of rotatable bonds is 7. The highest BCUT2D eigenvalue weighted by molar-refractivity contribution is 5.77. The third kappa shape index (κ3) is 4.63. The molecule has 1 amide bonds. The molecule has 1 aromatic carbocycles. The molecule has 100 valence electrons. The van der Waals surface area contributed by atoms with Gasteiger partial charge in [-0.3, -0.25) is 4.79 Å². The van der Waals surface area contributed by atoms with Crippen molar-refractivity contribution in [1.29, 1.82) is 0 Å². The molecule has 1 rings (SSSR count). The summed E-state index contributed by atoms with van der Waals surface area (Å²) in [6.07, 6.45) is 0.796. The average Bonchev–Trinajstić information content (AvgIpc) is 2.42. The second-order valence-electron chi connectivity index (χ2n) is 3.92. The molecule has 5 heteroatoms. The standard InChI is InChI=1S/C13H20N2O3/c1-15(9-3-8-14)13(16)10-18-12-6-4-11(17-2)5-7-12/h4-7H,3,8-10,14H2,1-2H3. The first-order valence-corrected chi connectivity index (χ1v) is 5.88. The van der Waals surface area contributed by atoms with Crippen LogP contribution in [0.25, 0.3) is 0 Å². The summed E-state index contributed by atoms with van der Waals surface area (Å²) in [5.41, 5.74) is 5.39. The lowest BCUT2D eigenvalue weighted by Crippen LogP contribution is -2.33. The molecule has 0 atom stereocenters. The summed E-state index contributed by atoms with van der Waals surface area (Å²) in [4.78, 5) is 13.3. The predicted molar refractivity (Wildman–Crippen MR) is 69.8 cm³/mol. The van der Waals surface area contributed by atoms with Crippen molar-refractivity contribution in [2.45, 2.75) is 6.42 Å². The Hall–Kier alpha value is -1.75. The van der Waals surface area contributed by atoms with Gasteiger partial charge in [-0.15, -0.1) is 0 Å². The number of hydrogen-bond donors (Lipinski definition) is 1. The quantitative estimate of drug-likeness (QED) is 0.782. The maximum atomic E-state index is 11.7. The Morgan fingerprint density at radius 2 is 1.89 bits per heavy atom. The first-order chi connectivity index (χ1) is 8.67. The number of methoxy groups -OCH3 is 1. The minimum atomic E-state index is -0.0562. The van der Waals surface area contributed by atoms with Gasteiger partial charge in [-0.2, -0.15) is 0 Å². The monoisotopic (exact) mass is 252 g/mol. The minimum absolute atomic E-state index is 0.0351. The number of likely N-dealkylation sites (N-methyl/N-ethyl adjacent to an activating group) is 1. The van der Waals surface area contributed by atoms with Gasteiger partial charge < -0.3 is 20.1 Å². The molecule has 0 radical (unpaired) electrons. The fraction of sp³-hybridized carbons (Fsp3) is 0.462. The highest BCUT2D eigenvalue weighted by Gasteiger charge is 2.08. The van der Waals surface area contributed by atoms with E-state index in [4.69, 9.17) is 15.2 Å². The molecule has 0 fully saturated rings. The van der Waals surface area contributed by atoms with Crippen LogP contribution in [0.5, 0.6) is 11.5 Å². The topological polar surface area (TPSA) is 64.8 Å². The predicted octanol–water partition coefficient (Wildman–Crippen LogP) is 0.881. The van der Waals surface area contributed by atoms with Crippen LogP contribution < -0.4 is 15.2 Å². The summed E-state index contributed by atoms with van der Waals surface area (Å²) >= 11 is 0. The van der Waals surface area contributed by atoms with Crippen molar-refractivity contribution in [3.05, 3.63) is 24.3 Å². The number of hydrogen-bond acceptors (Lipinski definition) is 4. The van der Waals surface area contributed by atoms with Gasteiger partial charge in [0.05, 0.1) is 7.11 Å². The molecule has 1 aromatic rings. The van der Waals surface area contributed by atoms with Crippen LogP contribution in [0.4, 0.5) is 0 Å². The van der Waals surface area contributed by atoms with Crippen LogP contribution in [0.3, 0.4) is 0 Å². The lowest BCUT2D eigenvalue weighted by atomic mass is 10.3. The van der Waals surface area contributed by atoms with E-state index < -0.39 is 0 Å². The number of carbonyl (C=O) groups excluding carboxylic acids is 1. The van der Waals surface area contributed by atoms with Crippen molar-refractivity contribution in [3.8, 4) is 11.5 Å². The molecule has 0 aromatic heterocycles. The number of nitrogens with two attached hydrogens (primary N) is 1. The van der Waals surface area contributed by atoms with Gasteiger partial charge in [-0.05, 0) is 37.2 Å². The van der Waals surface area contributed by atoms with Crippen LogP contribution in [0.15, 0.2) is 24.3 Å². The smallest absolute Gasteiger partial charge is 0.260 e.